The topological polar surface area (TPSA) is 84.9 Å². The van der Waals surface area contributed by atoms with Crippen molar-refractivity contribution < 1.29 is 24.2 Å². The molecule has 0 saturated heterocycles. The van der Waals surface area contributed by atoms with Crippen LogP contribution in [-0.2, 0) is 26.9 Å². The Morgan fingerprint density at radius 2 is 1.57 bits per heavy atom. The van der Waals surface area contributed by atoms with E-state index in [0.717, 1.165) is 11.8 Å². The molecule has 0 amide bonds. The minimum absolute atomic E-state index is 0.0114. The maximum absolute atomic E-state index is 12.3. The number of esters is 1. The quantitative estimate of drug-likeness (QED) is 0.305. The molecule has 0 atom stereocenters. The molecule has 0 aliphatic heterocycles. The summed E-state index contributed by atoms with van der Waals surface area (Å²) >= 11 is 0. The summed E-state index contributed by atoms with van der Waals surface area (Å²) in [7, 11) is 3.51. The minimum Gasteiger partial charge on any atom is -0.496 e. The van der Waals surface area contributed by atoms with Gasteiger partial charge < -0.3 is 19.9 Å². The molecule has 6 nitrogen and oxygen atoms in total. The first-order chi connectivity index (χ1) is 17.2. The summed E-state index contributed by atoms with van der Waals surface area (Å²) in [5.74, 6) is 0.172. The number of aliphatic hydroxyl groups excluding tert-OH is 1. The van der Waals surface area contributed by atoms with Crippen LogP contribution in [0.25, 0.3) is 0 Å². The molecule has 0 bridgehead atoms. The Bertz CT molecular complexity index is 960. The van der Waals surface area contributed by atoms with Crippen LogP contribution in [0.15, 0.2) is 42.5 Å². The molecule has 208 valence electrons. The van der Waals surface area contributed by atoms with Crippen molar-refractivity contribution in [1.29, 1.82) is 0 Å². The Labute approximate surface area is 224 Å². The van der Waals surface area contributed by atoms with E-state index in [0.29, 0.717) is 23.3 Å². The highest BCUT2D eigenvalue weighted by atomic mass is 16.6. The van der Waals surface area contributed by atoms with Crippen molar-refractivity contribution in [2.24, 2.45) is 0 Å². The maximum atomic E-state index is 12.3. The Morgan fingerprint density at radius 3 is 2.00 bits per heavy atom. The summed E-state index contributed by atoms with van der Waals surface area (Å²) in [5.41, 5.74) is 2.35. The molecule has 0 unspecified atom stereocenters. The molecule has 0 fully saturated rings. The first-order valence-corrected chi connectivity index (χ1v) is 12.9. The van der Waals surface area contributed by atoms with Crippen LogP contribution < -0.4 is 10.1 Å². The van der Waals surface area contributed by atoms with Crippen molar-refractivity contribution in [1.82, 2.24) is 5.32 Å². The maximum Gasteiger partial charge on any atom is 0.310 e. The van der Waals surface area contributed by atoms with Crippen LogP contribution in [0, 0.1) is 0 Å². The summed E-state index contributed by atoms with van der Waals surface area (Å²) < 4.78 is 10.8. The van der Waals surface area contributed by atoms with Gasteiger partial charge in [-0.05, 0) is 76.8 Å². The third-order valence-electron chi connectivity index (χ3n) is 5.85. The lowest BCUT2D eigenvalue weighted by Crippen LogP contribution is -2.32. The predicted octanol–water partition coefficient (Wildman–Crippen LogP) is 6.22. The van der Waals surface area contributed by atoms with Gasteiger partial charge in [-0.2, -0.15) is 0 Å². The first kappa shape index (κ1) is 34.3. The van der Waals surface area contributed by atoms with Crippen molar-refractivity contribution in [2.45, 2.75) is 91.7 Å². The van der Waals surface area contributed by atoms with Crippen molar-refractivity contribution in [3.63, 3.8) is 0 Å². The molecule has 0 spiro atoms. The van der Waals surface area contributed by atoms with E-state index < -0.39 is 11.0 Å². The summed E-state index contributed by atoms with van der Waals surface area (Å²) in [5, 5.41) is 12.6. The van der Waals surface area contributed by atoms with E-state index >= 15 is 0 Å². The zero-order valence-corrected chi connectivity index (χ0v) is 24.8. The lowest BCUT2D eigenvalue weighted by atomic mass is 9.77. The van der Waals surface area contributed by atoms with Crippen molar-refractivity contribution in [2.75, 3.05) is 20.8 Å². The Kier molecular flexibility index (Phi) is 14.4. The standard InChI is InChI=1S/C19H28O5.C10H15N.C2H6/c1-18(2,3)24-16(22)11-14-9-13(12-21)10-15(23-6)17(14)19(4,5)7-8-20;1-10(2,11-3)9-7-5-4-6-8-9;1-2/h9-10,12,20H,7-8,11H2,1-6H3;4-8,11H,1-3H3;1-2H3. The number of aldehydes is 1. The molecule has 2 aromatic carbocycles. The van der Waals surface area contributed by atoms with E-state index in [9.17, 15) is 14.7 Å². The molecular weight excluding hydrogens is 466 g/mol. The molecule has 6 heteroatoms. The van der Waals surface area contributed by atoms with E-state index in [-0.39, 0.29) is 24.5 Å². The average Bonchev–Trinajstić information content (AvgIpc) is 2.84. The SMILES string of the molecule is CC.CNC(C)(C)c1ccccc1.COc1cc(C=O)cc(CC(=O)OC(C)(C)C)c1C(C)(C)CCO. The summed E-state index contributed by atoms with van der Waals surface area (Å²) in [6.45, 7) is 17.7. The van der Waals surface area contributed by atoms with Gasteiger partial charge in [-0.15, -0.1) is 0 Å². The summed E-state index contributed by atoms with van der Waals surface area (Å²) in [6.07, 6.45) is 1.27. The lowest BCUT2D eigenvalue weighted by Gasteiger charge is -2.29. The largest absolute Gasteiger partial charge is 0.496 e. The highest BCUT2D eigenvalue weighted by Gasteiger charge is 2.29. The highest BCUT2D eigenvalue weighted by Crippen LogP contribution is 2.38. The predicted molar refractivity (Wildman–Crippen MR) is 153 cm³/mol. The minimum atomic E-state index is -0.579. The van der Waals surface area contributed by atoms with Crippen LogP contribution in [0.3, 0.4) is 0 Å². The van der Waals surface area contributed by atoms with E-state index in [1.165, 1.54) is 12.7 Å². The van der Waals surface area contributed by atoms with Crippen LogP contribution >= 0.6 is 0 Å². The number of rotatable bonds is 9. The third-order valence-corrected chi connectivity index (χ3v) is 5.85. The Morgan fingerprint density at radius 1 is 1.00 bits per heavy atom. The molecule has 37 heavy (non-hydrogen) atoms. The number of aliphatic hydroxyl groups is 1. The molecule has 0 aliphatic carbocycles. The van der Waals surface area contributed by atoms with Crippen LogP contribution in [0.1, 0.15) is 95.8 Å². The van der Waals surface area contributed by atoms with Gasteiger partial charge in [0, 0.05) is 23.3 Å². The number of methoxy groups -OCH3 is 1. The van der Waals surface area contributed by atoms with Gasteiger partial charge in [0.1, 0.15) is 17.6 Å². The van der Waals surface area contributed by atoms with Gasteiger partial charge >= 0.3 is 5.97 Å². The second-order valence-corrected chi connectivity index (χ2v) is 10.7. The Hall–Kier alpha value is -2.70. The zero-order chi connectivity index (χ0) is 28.9. The molecule has 2 aromatic rings. The highest BCUT2D eigenvalue weighted by molar-refractivity contribution is 5.80. The van der Waals surface area contributed by atoms with Gasteiger partial charge in [0.25, 0.3) is 0 Å². The number of carbonyl (C=O) groups excluding carboxylic acids is 2. The Balaban J connectivity index is 0.000000827. The monoisotopic (exact) mass is 515 g/mol. The van der Waals surface area contributed by atoms with Gasteiger partial charge in [0.2, 0.25) is 0 Å². The van der Waals surface area contributed by atoms with E-state index in [2.05, 4.69) is 43.4 Å². The van der Waals surface area contributed by atoms with Gasteiger partial charge in [-0.3, -0.25) is 9.59 Å². The van der Waals surface area contributed by atoms with Crippen molar-refractivity contribution >= 4 is 12.3 Å². The van der Waals surface area contributed by atoms with Crippen LogP contribution in [0.5, 0.6) is 5.75 Å². The number of hydrogen-bond donors (Lipinski definition) is 2. The van der Waals surface area contributed by atoms with Gasteiger partial charge in [-0.1, -0.05) is 58.0 Å². The number of benzene rings is 2. The summed E-state index contributed by atoms with van der Waals surface area (Å²) in [4.78, 5) is 23.5. The van der Waals surface area contributed by atoms with E-state index in [1.807, 2.05) is 61.6 Å². The van der Waals surface area contributed by atoms with Crippen LogP contribution in [0.2, 0.25) is 0 Å². The molecule has 0 aromatic heterocycles. The van der Waals surface area contributed by atoms with Crippen LogP contribution in [-0.4, -0.2) is 43.7 Å². The molecular formula is C31H49NO5. The number of ether oxygens (including phenoxy) is 2. The fourth-order valence-corrected chi connectivity index (χ4v) is 3.77. The second kappa shape index (κ2) is 15.5. The van der Waals surface area contributed by atoms with Gasteiger partial charge in [0.15, 0.2) is 0 Å². The average molecular weight is 516 g/mol. The third kappa shape index (κ3) is 11.5. The fourth-order valence-electron chi connectivity index (χ4n) is 3.77. The molecule has 0 saturated carbocycles. The van der Waals surface area contributed by atoms with Gasteiger partial charge in [0.05, 0.1) is 13.5 Å². The van der Waals surface area contributed by atoms with Crippen molar-refractivity contribution in [3.8, 4) is 5.75 Å². The van der Waals surface area contributed by atoms with E-state index in [4.69, 9.17) is 9.47 Å². The smallest absolute Gasteiger partial charge is 0.310 e. The lowest BCUT2D eigenvalue weighted by molar-refractivity contribution is -0.153. The normalized spacial score (nSPS) is 11.4. The molecule has 2 N–H and O–H groups in total. The number of carbonyl (C=O) groups is 2. The molecule has 0 heterocycles. The second-order valence-electron chi connectivity index (χ2n) is 10.7. The molecule has 0 aliphatic rings. The molecule has 0 radical (unpaired) electrons. The molecule has 2 rings (SSSR count). The van der Waals surface area contributed by atoms with Crippen molar-refractivity contribution in [3.05, 3.63) is 64.7 Å². The zero-order valence-electron chi connectivity index (χ0n) is 24.8. The number of nitrogens with one attached hydrogen (secondary N) is 1. The van der Waals surface area contributed by atoms with Crippen LogP contribution in [0.4, 0.5) is 0 Å². The van der Waals surface area contributed by atoms with Gasteiger partial charge in [-0.25, -0.2) is 0 Å². The van der Waals surface area contributed by atoms with E-state index in [1.54, 1.807) is 12.1 Å². The first-order valence-electron chi connectivity index (χ1n) is 12.9. The number of hydrogen-bond acceptors (Lipinski definition) is 6. The fraction of sp³-hybridized carbons (Fsp3) is 0.548. The summed E-state index contributed by atoms with van der Waals surface area (Å²) in [6, 6.07) is 13.8.